The first-order valence-corrected chi connectivity index (χ1v) is 10.8. The minimum absolute atomic E-state index is 0.0243. The van der Waals surface area contributed by atoms with E-state index in [2.05, 4.69) is 36.5 Å². The van der Waals surface area contributed by atoms with Crippen LogP contribution in [-0.4, -0.2) is 18.4 Å². The van der Waals surface area contributed by atoms with E-state index in [0.29, 0.717) is 19.5 Å². The summed E-state index contributed by atoms with van der Waals surface area (Å²) in [5.74, 6) is 0.337. The largest absolute Gasteiger partial charge is 0.356 e. The van der Waals surface area contributed by atoms with Crippen molar-refractivity contribution >= 4 is 17.5 Å². The van der Waals surface area contributed by atoms with Crippen molar-refractivity contribution in [1.82, 2.24) is 5.32 Å². The lowest BCUT2D eigenvalue weighted by atomic mass is 10.0. The molecule has 0 heterocycles. The molecule has 4 heteroatoms. The zero-order chi connectivity index (χ0) is 20.6. The Bertz CT molecular complexity index is 823. The van der Waals surface area contributed by atoms with Crippen molar-refractivity contribution in [2.75, 3.05) is 11.4 Å². The van der Waals surface area contributed by atoms with E-state index in [9.17, 15) is 9.59 Å². The highest BCUT2D eigenvalue weighted by molar-refractivity contribution is 5.95. The van der Waals surface area contributed by atoms with Gasteiger partial charge in [0.1, 0.15) is 0 Å². The summed E-state index contributed by atoms with van der Waals surface area (Å²) >= 11 is 0. The second kappa shape index (κ2) is 10.2. The van der Waals surface area contributed by atoms with E-state index in [4.69, 9.17) is 0 Å². The average molecular weight is 393 g/mol. The van der Waals surface area contributed by atoms with E-state index in [1.807, 2.05) is 36.1 Å². The Kier molecular flexibility index (Phi) is 7.45. The molecule has 154 valence electrons. The van der Waals surface area contributed by atoms with Crippen LogP contribution in [0.3, 0.4) is 0 Å². The van der Waals surface area contributed by atoms with Crippen molar-refractivity contribution in [3.8, 4) is 0 Å². The molecule has 1 aliphatic rings. The number of hydrogen-bond donors (Lipinski definition) is 1. The molecule has 0 aliphatic heterocycles. The van der Waals surface area contributed by atoms with Gasteiger partial charge in [0.15, 0.2) is 0 Å². The lowest BCUT2D eigenvalue weighted by Gasteiger charge is -2.26. The molecule has 1 saturated carbocycles. The molecular formula is C25H32N2O2. The highest BCUT2D eigenvalue weighted by atomic mass is 16.2. The minimum Gasteiger partial charge on any atom is -0.356 e. The monoisotopic (exact) mass is 392 g/mol. The van der Waals surface area contributed by atoms with Gasteiger partial charge < -0.3 is 10.2 Å². The van der Waals surface area contributed by atoms with E-state index in [-0.39, 0.29) is 17.7 Å². The third-order valence-electron chi connectivity index (χ3n) is 5.59. The molecule has 1 aliphatic carbocycles. The molecule has 0 spiro atoms. The molecular weight excluding hydrogens is 360 g/mol. The molecule has 2 aromatic rings. The predicted octanol–water partition coefficient (Wildman–Crippen LogP) is 4.79. The molecule has 0 atom stereocenters. The SMILES string of the molecule is CCCNC(=O)Cc1cccc(N(Cc2ccc(C)cc2)C(=O)C2CCCC2)c1. The highest BCUT2D eigenvalue weighted by Gasteiger charge is 2.28. The van der Waals surface area contributed by atoms with Gasteiger partial charge in [0.05, 0.1) is 13.0 Å². The maximum Gasteiger partial charge on any atom is 0.230 e. The zero-order valence-corrected chi connectivity index (χ0v) is 17.6. The van der Waals surface area contributed by atoms with Gasteiger partial charge in [0.25, 0.3) is 0 Å². The van der Waals surface area contributed by atoms with Crippen LogP contribution in [0.15, 0.2) is 48.5 Å². The number of aryl methyl sites for hydroxylation is 1. The molecule has 0 aromatic heterocycles. The molecule has 1 N–H and O–H groups in total. The fourth-order valence-corrected chi connectivity index (χ4v) is 3.91. The summed E-state index contributed by atoms with van der Waals surface area (Å²) in [6.07, 6.45) is 5.47. The van der Waals surface area contributed by atoms with Gasteiger partial charge in [-0.25, -0.2) is 0 Å². The van der Waals surface area contributed by atoms with E-state index in [1.54, 1.807) is 0 Å². The zero-order valence-electron chi connectivity index (χ0n) is 17.6. The molecule has 0 unspecified atom stereocenters. The van der Waals surface area contributed by atoms with Crippen LogP contribution in [0.1, 0.15) is 55.7 Å². The first-order valence-electron chi connectivity index (χ1n) is 10.8. The van der Waals surface area contributed by atoms with Crippen LogP contribution in [0.25, 0.3) is 0 Å². The van der Waals surface area contributed by atoms with Gasteiger partial charge in [0, 0.05) is 18.2 Å². The average Bonchev–Trinajstić information content (AvgIpc) is 3.26. The van der Waals surface area contributed by atoms with Gasteiger partial charge in [0.2, 0.25) is 11.8 Å². The van der Waals surface area contributed by atoms with Crippen LogP contribution in [0, 0.1) is 12.8 Å². The standard InChI is InChI=1S/C25H32N2O2/c1-3-15-26-24(28)17-21-7-6-10-23(16-21)27(25(29)22-8-4-5-9-22)18-20-13-11-19(2)12-14-20/h6-7,10-14,16,22H,3-5,8-9,15,17-18H2,1-2H3,(H,26,28). The van der Waals surface area contributed by atoms with Crippen molar-refractivity contribution < 1.29 is 9.59 Å². The predicted molar refractivity (Wildman–Crippen MR) is 118 cm³/mol. The van der Waals surface area contributed by atoms with Crippen LogP contribution >= 0.6 is 0 Å². The molecule has 2 aromatic carbocycles. The first kappa shape index (κ1) is 21.1. The number of rotatable bonds is 8. The number of benzene rings is 2. The smallest absolute Gasteiger partial charge is 0.230 e. The minimum atomic E-state index is 0.0243. The van der Waals surface area contributed by atoms with Crippen LogP contribution in [-0.2, 0) is 22.6 Å². The normalized spacial score (nSPS) is 14.0. The topological polar surface area (TPSA) is 49.4 Å². The van der Waals surface area contributed by atoms with E-state index in [0.717, 1.165) is 48.9 Å². The number of nitrogens with one attached hydrogen (secondary N) is 1. The molecule has 0 saturated heterocycles. The van der Waals surface area contributed by atoms with Crippen LogP contribution < -0.4 is 10.2 Å². The Labute approximate surface area is 174 Å². The Hall–Kier alpha value is -2.62. The van der Waals surface area contributed by atoms with Crippen LogP contribution in [0.2, 0.25) is 0 Å². The lowest BCUT2D eigenvalue weighted by Crippen LogP contribution is -2.35. The maximum atomic E-state index is 13.3. The summed E-state index contributed by atoms with van der Waals surface area (Å²) in [6, 6.07) is 16.2. The quantitative estimate of drug-likeness (QED) is 0.702. The summed E-state index contributed by atoms with van der Waals surface area (Å²) in [6.45, 7) is 5.36. The van der Waals surface area contributed by atoms with Gasteiger partial charge in [-0.2, -0.15) is 0 Å². The number of hydrogen-bond acceptors (Lipinski definition) is 2. The summed E-state index contributed by atoms with van der Waals surface area (Å²) in [5, 5.41) is 2.92. The first-order chi connectivity index (χ1) is 14.1. The fourth-order valence-electron chi connectivity index (χ4n) is 3.91. The molecule has 2 amide bonds. The summed E-state index contributed by atoms with van der Waals surface area (Å²) in [7, 11) is 0. The third-order valence-corrected chi connectivity index (χ3v) is 5.59. The molecule has 4 nitrogen and oxygen atoms in total. The van der Waals surface area contributed by atoms with E-state index >= 15 is 0 Å². The second-order valence-electron chi connectivity index (χ2n) is 8.09. The number of anilines is 1. The van der Waals surface area contributed by atoms with Crippen LogP contribution in [0.5, 0.6) is 0 Å². The molecule has 3 rings (SSSR count). The Morgan fingerprint density at radius 1 is 1.03 bits per heavy atom. The Balaban J connectivity index is 1.82. The Morgan fingerprint density at radius 2 is 1.76 bits per heavy atom. The van der Waals surface area contributed by atoms with E-state index in [1.165, 1.54) is 5.56 Å². The number of amides is 2. The van der Waals surface area contributed by atoms with Gasteiger partial charge >= 0.3 is 0 Å². The summed E-state index contributed by atoms with van der Waals surface area (Å²) in [5.41, 5.74) is 4.14. The van der Waals surface area contributed by atoms with Gasteiger partial charge in [-0.15, -0.1) is 0 Å². The van der Waals surface area contributed by atoms with Gasteiger partial charge in [-0.05, 0) is 49.4 Å². The second-order valence-corrected chi connectivity index (χ2v) is 8.09. The van der Waals surface area contributed by atoms with Crippen molar-refractivity contribution in [3.63, 3.8) is 0 Å². The van der Waals surface area contributed by atoms with Crippen molar-refractivity contribution in [3.05, 3.63) is 65.2 Å². The molecule has 29 heavy (non-hydrogen) atoms. The summed E-state index contributed by atoms with van der Waals surface area (Å²) in [4.78, 5) is 27.4. The Morgan fingerprint density at radius 3 is 2.45 bits per heavy atom. The molecule has 0 radical (unpaired) electrons. The molecule has 1 fully saturated rings. The number of carbonyl (C=O) groups excluding carboxylic acids is 2. The van der Waals surface area contributed by atoms with Crippen molar-refractivity contribution in [2.45, 2.75) is 58.9 Å². The van der Waals surface area contributed by atoms with Crippen molar-refractivity contribution in [1.29, 1.82) is 0 Å². The lowest BCUT2D eigenvalue weighted by molar-refractivity contribution is -0.122. The van der Waals surface area contributed by atoms with Crippen LogP contribution in [0.4, 0.5) is 5.69 Å². The van der Waals surface area contributed by atoms with Gasteiger partial charge in [-0.3, -0.25) is 9.59 Å². The van der Waals surface area contributed by atoms with E-state index < -0.39 is 0 Å². The third kappa shape index (κ3) is 5.93. The van der Waals surface area contributed by atoms with Crippen molar-refractivity contribution in [2.24, 2.45) is 5.92 Å². The van der Waals surface area contributed by atoms with Gasteiger partial charge in [-0.1, -0.05) is 61.7 Å². The number of carbonyl (C=O) groups is 2. The number of nitrogens with zero attached hydrogens (tertiary/aromatic N) is 1. The highest BCUT2D eigenvalue weighted by Crippen LogP contribution is 2.30. The molecule has 0 bridgehead atoms. The maximum absolute atomic E-state index is 13.3. The fraction of sp³-hybridized carbons (Fsp3) is 0.440. The summed E-state index contributed by atoms with van der Waals surface area (Å²) < 4.78 is 0.